The van der Waals surface area contributed by atoms with Crippen LogP contribution in [-0.4, -0.2) is 26.2 Å². The molecule has 0 spiro atoms. The Hall–Kier alpha value is -1.96. The molecule has 5 nitrogen and oxygen atoms in total. The number of phenolic OH excluding ortho intramolecular Hbond substituents is 4. The smallest absolute Gasteiger partial charge is 0.170 e. The van der Waals surface area contributed by atoms with Crippen LogP contribution in [0.5, 0.6) is 23.0 Å². The third-order valence-electron chi connectivity index (χ3n) is 3.01. The molecule has 0 radical (unpaired) electrons. The van der Waals surface area contributed by atoms with Crippen LogP contribution >= 0.6 is 22.6 Å². The summed E-state index contributed by atoms with van der Waals surface area (Å²) >= 11 is 1.99. The maximum Gasteiger partial charge on any atom is 0.170 e. The summed E-state index contributed by atoms with van der Waals surface area (Å²) in [5.74, 6) is -1.45. The topological polar surface area (TPSA) is 98.0 Å². The molecule has 0 fully saturated rings. The van der Waals surface area contributed by atoms with Crippen LogP contribution in [0, 0.1) is 3.57 Å². The number of ketones is 1. The first kappa shape index (κ1) is 15.4. The van der Waals surface area contributed by atoms with E-state index in [9.17, 15) is 25.2 Å². The SMILES string of the molecule is O=C(CCc1ccc(O)c(I)c1)c1c(O)cc(O)cc1O. The fourth-order valence-electron chi connectivity index (χ4n) is 1.97. The van der Waals surface area contributed by atoms with Gasteiger partial charge in [-0.1, -0.05) is 6.07 Å². The third kappa shape index (κ3) is 3.57. The Balaban J connectivity index is 2.13. The highest BCUT2D eigenvalue weighted by atomic mass is 127. The summed E-state index contributed by atoms with van der Waals surface area (Å²) in [5.41, 5.74) is 0.671. The summed E-state index contributed by atoms with van der Waals surface area (Å²) in [6.07, 6.45) is 0.502. The standard InChI is InChI=1S/C15H13IO5/c16-10-5-8(1-3-11(10)18)2-4-12(19)15-13(20)6-9(17)7-14(15)21/h1,3,5-7,17-18,20-21H,2,4H2. The summed E-state index contributed by atoms with van der Waals surface area (Å²) in [7, 11) is 0. The second kappa shape index (κ2) is 6.21. The van der Waals surface area contributed by atoms with E-state index in [1.807, 2.05) is 22.6 Å². The van der Waals surface area contributed by atoms with E-state index < -0.39 is 17.3 Å². The van der Waals surface area contributed by atoms with E-state index >= 15 is 0 Å². The van der Waals surface area contributed by atoms with Crippen molar-refractivity contribution in [2.45, 2.75) is 12.8 Å². The molecular formula is C15H13IO5. The Morgan fingerprint density at radius 3 is 2.14 bits per heavy atom. The summed E-state index contributed by atoms with van der Waals surface area (Å²) in [4.78, 5) is 12.1. The molecule has 0 aliphatic carbocycles. The fraction of sp³-hybridized carbons (Fsp3) is 0.133. The number of aryl methyl sites for hydroxylation is 1. The van der Waals surface area contributed by atoms with Crippen molar-refractivity contribution >= 4 is 28.4 Å². The molecule has 0 unspecified atom stereocenters. The zero-order valence-corrected chi connectivity index (χ0v) is 13.0. The monoisotopic (exact) mass is 400 g/mol. The number of carbonyl (C=O) groups is 1. The Kier molecular flexibility index (Phi) is 4.56. The van der Waals surface area contributed by atoms with Gasteiger partial charge in [0.1, 0.15) is 28.6 Å². The van der Waals surface area contributed by atoms with E-state index in [1.54, 1.807) is 18.2 Å². The number of hydrogen-bond acceptors (Lipinski definition) is 5. The van der Waals surface area contributed by atoms with Crippen LogP contribution in [0.4, 0.5) is 0 Å². The van der Waals surface area contributed by atoms with Gasteiger partial charge < -0.3 is 20.4 Å². The minimum Gasteiger partial charge on any atom is -0.508 e. The van der Waals surface area contributed by atoms with Gasteiger partial charge in [-0.2, -0.15) is 0 Å². The van der Waals surface area contributed by atoms with Crippen molar-refractivity contribution in [2.24, 2.45) is 0 Å². The molecule has 2 rings (SSSR count). The van der Waals surface area contributed by atoms with E-state index in [0.29, 0.717) is 9.99 Å². The second-order valence-electron chi connectivity index (χ2n) is 4.57. The van der Waals surface area contributed by atoms with E-state index in [1.165, 1.54) is 0 Å². The molecule has 0 saturated carbocycles. The Labute approximate surface area is 134 Å². The summed E-state index contributed by atoms with van der Waals surface area (Å²) in [6.45, 7) is 0. The molecule has 0 saturated heterocycles. The fourth-order valence-corrected chi connectivity index (χ4v) is 2.55. The molecule has 0 atom stereocenters. The van der Waals surface area contributed by atoms with Crippen LogP contribution in [0.1, 0.15) is 22.3 Å². The Morgan fingerprint density at radius 2 is 1.57 bits per heavy atom. The third-order valence-corrected chi connectivity index (χ3v) is 3.88. The molecule has 0 aliphatic heterocycles. The van der Waals surface area contributed by atoms with Gasteiger partial charge in [0.05, 0.1) is 3.57 Å². The van der Waals surface area contributed by atoms with Crippen LogP contribution in [0.3, 0.4) is 0 Å². The van der Waals surface area contributed by atoms with E-state index in [-0.39, 0.29) is 23.5 Å². The van der Waals surface area contributed by atoms with Gasteiger partial charge in [0, 0.05) is 18.6 Å². The first-order chi connectivity index (χ1) is 9.88. The first-order valence-corrected chi connectivity index (χ1v) is 7.22. The lowest BCUT2D eigenvalue weighted by atomic mass is 10.0. The predicted molar refractivity (Wildman–Crippen MR) is 84.9 cm³/mol. The number of hydrogen-bond donors (Lipinski definition) is 4. The molecule has 0 amide bonds. The lowest BCUT2D eigenvalue weighted by Crippen LogP contribution is -2.02. The molecule has 0 aromatic heterocycles. The molecule has 4 N–H and O–H groups in total. The number of benzene rings is 2. The van der Waals surface area contributed by atoms with E-state index in [0.717, 1.165) is 17.7 Å². The van der Waals surface area contributed by atoms with Crippen LogP contribution in [0.15, 0.2) is 30.3 Å². The van der Waals surface area contributed by atoms with E-state index in [4.69, 9.17) is 0 Å². The molecule has 110 valence electrons. The van der Waals surface area contributed by atoms with Gasteiger partial charge in [-0.3, -0.25) is 4.79 Å². The number of halogens is 1. The summed E-state index contributed by atoms with van der Waals surface area (Å²) < 4.78 is 0.688. The highest BCUT2D eigenvalue weighted by Crippen LogP contribution is 2.33. The van der Waals surface area contributed by atoms with Crippen molar-refractivity contribution in [1.29, 1.82) is 0 Å². The minimum absolute atomic E-state index is 0.0900. The summed E-state index contributed by atoms with van der Waals surface area (Å²) in [5, 5.41) is 37.9. The van der Waals surface area contributed by atoms with Crippen molar-refractivity contribution in [2.75, 3.05) is 0 Å². The van der Waals surface area contributed by atoms with E-state index in [2.05, 4.69) is 0 Å². The van der Waals surface area contributed by atoms with Gasteiger partial charge in [-0.15, -0.1) is 0 Å². The molecule has 0 bridgehead atoms. The molecule has 0 heterocycles. The van der Waals surface area contributed by atoms with Crippen molar-refractivity contribution in [3.63, 3.8) is 0 Å². The van der Waals surface area contributed by atoms with Gasteiger partial charge in [-0.25, -0.2) is 0 Å². The van der Waals surface area contributed by atoms with Crippen molar-refractivity contribution in [1.82, 2.24) is 0 Å². The van der Waals surface area contributed by atoms with Crippen molar-refractivity contribution in [3.05, 3.63) is 45.0 Å². The van der Waals surface area contributed by atoms with Crippen LogP contribution in [0.2, 0.25) is 0 Å². The second-order valence-corrected chi connectivity index (χ2v) is 5.73. The van der Waals surface area contributed by atoms with Crippen LogP contribution in [0.25, 0.3) is 0 Å². The van der Waals surface area contributed by atoms with Gasteiger partial charge >= 0.3 is 0 Å². The van der Waals surface area contributed by atoms with Crippen molar-refractivity contribution in [3.8, 4) is 23.0 Å². The van der Waals surface area contributed by atoms with Crippen LogP contribution < -0.4 is 0 Å². The predicted octanol–water partition coefficient (Wildman–Crippen LogP) is 2.93. The summed E-state index contributed by atoms with van der Waals surface area (Å²) in [6, 6.07) is 7.05. The highest BCUT2D eigenvalue weighted by Gasteiger charge is 2.17. The number of phenols is 4. The average Bonchev–Trinajstić information content (AvgIpc) is 2.39. The quantitative estimate of drug-likeness (QED) is 0.468. The van der Waals surface area contributed by atoms with Gasteiger partial charge in [0.25, 0.3) is 0 Å². The number of carbonyl (C=O) groups excluding carboxylic acids is 1. The average molecular weight is 400 g/mol. The number of Topliss-reactive ketones (excluding diaryl/α,β-unsaturated/α-hetero) is 1. The molecule has 0 aliphatic rings. The van der Waals surface area contributed by atoms with Gasteiger partial charge in [-0.05, 0) is 46.7 Å². The van der Waals surface area contributed by atoms with Crippen molar-refractivity contribution < 1.29 is 25.2 Å². The molecule has 2 aromatic rings. The zero-order valence-electron chi connectivity index (χ0n) is 10.9. The number of aromatic hydroxyl groups is 4. The minimum atomic E-state index is -0.446. The maximum atomic E-state index is 12.1. The maximum absolute atomic E-state index is 12.1. The van der Waals surface area contributed by atoms with Gasteiger partial charge in [0.2, 0.25) is 0 Å². The molecule has 2 aromatic carbocycles. The lowest BCUT2D eigenvalue weighted by Gasteiger charge is -2.08. The lowest BCUT2D eigenvalue weighted by molar-refractivity contribution is 0.0977. The number of rotatable bonds is 4. The molecule has 6 heteroatoms. The largest absolute Gasteiger partial charge is 0.508 e. The first-order valence-electron chi connectivity index (χ1n) is 6.14. The normalized spacial score (nSPS) is 10.5. The molecule has 21 heavy (non-hydrogen) atoms. The Bertz CT molecular complexity index is 673. The molecular weight excluding hydrogens is 387 g/mol. The highest BCUT2D eigenvalue weighted by molar-refractivity contribution is 14.1. The Morgan fingerprint density at radius 1 is 0.952 bits per heavy atom. The van der Waals surface area contributed by atoms with Gasteiger partial charge in [0.15, 0.2) is 5.78 Å². The van der Waals surface area contributed by atoms with Crippen LogP contribution in [-0.2, 0) is 6.42 Å². The zero-order chi connectivity index (χ0) is 15.6.